The first kappa shape index (κ1) is 14.7. The van der Waals surface area contributed by atoms with Gasteiger partial charge in [0, 0.05) is 25.3 Å². The lowest BCUT2D eigenvalue weighted by molar-refractivity contribution is 0.148. The van der Waals surface area contributed by atoms with Crippen LogP contribution >= 0.6 is 11.6 Å². The van der Waals surface area contributed by atoms with Crippen LogP contribution in [-0.4, -0.2) is 39.0 Å². The fourth-order valence-corrected chi connectivity index (χ4v) is 3.65. The number of nitrogens with zero attached hydrogens (tertiary/aromatic N) is 1. The summed E-state index contributed by atoms with van der Waals surface area (Å²) in [6.07, 6.45) is 0.656. The molecule has 4 nitrogen and oxygen atoms in total. The van der Waals surface area contributed by atoms with E-state index in [0.29, 0.717) is 32.7 Å². The van der Waals surface area contributed by atoms with E-state index < -0.39 is 15.8 Å². The maximum Gasteiger partial charge on any atom is 0.243 e. The molecule has 106 valence electrons. The topological polar surface area (TPSA) is 46.6 Å². The van der Waals surface area contributed by atoms with Crippen molar-refractivity contribution < 1.29 is 17.5 Å². The van der Waals surface area contributed by atoms with E-state index in [1.54, 1.807) is 0 Å². The Bertz CT molecular complexity index is 542. The minimum Gasteiger partial charge on any atom is -0.380 e. The number of alkyl halides is 1. The molecule has 1 aromatic rings. The van der Waals surface area contributed by atoms with Gasteiger partial charge in [-0.1, -0.05) is 0 Å². The summed E-state index contributed by atoms with van der Waals surface area (Å²) in [7, 11) is -3.61. The normalized spacial score (nSPS) is 18.2. The standard InChI is InChI=1S/C12H15ClFNO3S/c13-9-10-8-11(2-3-12(10)14)19(16,17)15-4-1-6-18-7-5-15/h2-3,8H,1,4-7,9H2. The van der Waals surface area contributed by atoms with Gasteiger partial charge in [0.15, 0.2) is 0 Å². The van der Waals surface area contributed by atoms with Crippen molar-refractivity contribution in [2.75, 3.05) is 26.3 Å². The maximum atomic E-state index is 13.4. The summed E-state index contributed by atoms with van der Waals surface area (Å²) < 4.78 is 44.8. The largest absolute Gasteiger partial charge is 0.380 e. The second kappa shape index (κ2) is 6.17. The molecular weight excluding hydrogens is 293 g/mol. The summed E-state index contributed by atoms with van der Waals surface area (Å²) >= 11 is 5.60. The van der Waals surface area contributed by atoms with Crippen LogP contribution in [0.4, 0.5) is 4.39 Å². The Morgan fingerprint density at radius 2 is 2.11 bits per heavy atom. The maximum absolute atomic E-state index is 13.4. The molecule has 0 saturated carbocycles. The van der Waals surface area contributed by atoms with Gasteiger partial charge in [-0.3, -0.25) is 0 Å². The fourth-order valence-electron chi connectivity index (χ4n) is 1.93. The van der Waals surface area contributed by atoms with E-state index in [1.165, 1.54) is 16.4 Å². The average Bonchev–Trinajstić information content (AvgIpc) is 2.68. The minimum absolute atomic E-state index is 0.0572. The average molecular weight is 308 g/mol. The van der Waals surface area contributed by atoms with Crippen molar-refractivity contribution in [1.29, 1.82) is 0 Å². The molecule has 1 aliphatic heterocycles. The Balaban J connectivity index is 2.32. The van der Waals surface area contributed by atoms with Crippen molar-refractivity contribution in [3.63, 3.8) is 0 Å². The van der Waals surface area contributed by atoms with Crippen molar-refractivity contribution in [1.82, 2.24) is 4.31 Å². The van der Waals surface area contributed by atoms with Crippen molar-refractivity contribution >= 4 is 21.6 Å². The van der Waals surface area contributed by atoms with Gasteiger partial charge in [-0.25, -0.2) is 12.8 Å². The van der Waals surface area contributed by atoms with Crippen molar-refractivity contribution in [3.05, 3.63) is 29.6 Å². The molecule has 1 aliphatic rings. The predicted molar refractivity (Wildman–Crippen MR) is 70.2 cm³/mol. The molecule has 1 aromatic carbocycles. The number of sulfonamides is 1. The molecule has 1 saturated heterocycles. The number of rotatable bonds is 3. The molecule has 0 unspecified atom stereocenters. The Kier molecular flexibility index (Phi) is 4.78. The highest BCUT2D eigenvalue weighted by molar-refractivity contribution is 7.89. The van der Waals surface area contributed by atoms with Crippen LogP contribution in [-0.2, 0) is 20.6 Å². The number of halogens is 2. The molecule has 0 aliphatic carbocycles. The van der Waals surface area contributed by atoms with E-state index in [9.17, 15) is 12.8 Å². The molecule has 1 fully saturated rings. The molecule has 7 heteroatoms. The van der Waals surface area contributed by atoms with Gasteiger partial charge in [-0.2, -0.15) is 4.31 Å². The first-order chi connectivity index (χ1) is 9.05. The Hall–Kier alpha value is -0.690. The van der Waals surface area contributed by atoms with E-state index in [4.69, 9.17) is 16.3 Å². The Morgan fingerprint density at radius 1 is 1.32 bits per heavy atom. The molecule has 19 heavy (non-hydrogen) atoms. The molecule has 0 spiro atoms. The molecule has 0 bridgehead atoms. The summed E-state index contributed by atoms with van der Waals surface area (Å²) in [5.74, 6) is -0.550. The fraction of sp³-hybridized carbons (Fsp3) is 0.500. The number of benzene rings is 1. The van der Waals surface area contributed by atoms with E-state index in [-0.39, 0.29) is 16.3 Å². The minimum atomic E-state index is -3.61. The molecule has 2 rings (SSSR count). The highest BCUT2D eigenvalue weighted by Crippen LogP contribution is 2.21. The number of hydrogen-bond donors (Lipinski definition) is 0. The molecule has 0 radical (unpaired) electrons. The van der Waals surface area contributed by atoms with Crippen LogP contribution in [0.1, 0.15) is 12.0 Å². The Morgan fingerprint density at radius 3 is 2.84 bits per heavy atom. The van der Waals surface area contributed by atoms with Crippen LogP contribution in [0, 0.1) is 5.82 Å². The highest BCUT2D eigenvalue weighted by Gasteiger charge is 2.25. The summed E-state index contributed by atoms with van der Waals surface area (Å²) in [5.41, 5.74) is 0.189. The van der Waals surface area contributed by atoms with Gasteiger partial charge in [-0.05, 0) is 24.6 Å². The summed E-state index contributed by atoms with van der Waals surface area (Å²) in [5, 5.41) is 0. The van der Waals surface area contributed by atoms with Gasteiger partial charge in [0.2, 0.25) is 10.0 Å². The Labute approximate surface area is 117 Å². The van der Waals surface area contributed by atoms with Crippen LogP contribution in [0.2, 0.25) is 0 Å². The summed E-state index contributed by atoms with van der Waals surface area (Å²) in [6, 6.07) is 3.70. The smallest absolute Gasteiger partial charge is 0.243 e. The van der Waals surface area contributed by atoms with Crippen LogP contribution in [0.5, 0.6) is 0 Å². The third-order valence-corrected chi connectivity index (χ3v) is 5.16. The quantitative estimate of drug-likeness (QED) is 0.802. The van der Waals surface area contributed by atoms with E-state index in [1.807, 2.05) is 0 Å². The third kappa shape index (κ3) is 3.25. The lowest BCUT2D eigenvalue weighted by Gasteiger charge is -2.19. The van der Waals surface area contributed by atoms with Gasteiger partial charge in [-0.15, -0.1) is 11.6 Å². The van der Waals surface area contributed by atoms with Gasteiger partial charge < -0.3 is 4.74 Å². The van der Waals surface area contributed by atoms with E-state index in [0.717, 1.165) is 6.07 Å². The number of hydrogen-bond acceptors (Lipinski definition) is 3. The second-order valence-electron chi connectivity index (χ2n) is 4.26. The molecule has 0 N–H and O–H groups in total. The molecule has 1 heterocycles. The van der Waals surface area contributed by atoms with Crippen LogP contribution in [0.25, 0.3) is 0 Å². The zero-order valence-electron chi connectivity index (χ0n) is 10.3. The first-order valence-corrected chi connectivity index (χ1v) is 7.95. The molecule has 0 amide bonds. The molecule has 0 aromatic heterocycles. The second-order valence-corrected chi connectivity index (χ2v) is 6.46. The van der Waals surface area contributed by atoms with Gasteiger partial charge in [0.05, 0.1) is 17.4 Å². The van der Waals surface area contributed by atoms with Crippen molar-refractivity contribution in [3.8, 4) is 0 Å². The van der Waals surface area contributed by atoms with Gasteiger partial charge >= 0.3 is 0 Å². The molecule has 0 atom stereocenters. The third-order valence-electron chi connectivity index (χ3n) is 2.98. The van der Waals surface area contributed by atoms with E-state index >= 15 is 0 Å². The lowest BCUT2D eigenvalue weighted by Crippen LogP contribution is -2.33. The molecular formula is C12H15ClFNO3S. The van der Waals surface area contributed by atoms with Crippen LogP contribution in [0.3, 0.4) is 0 Å². The highest BCUT2D eigenvalue weighted by atomic mass is 35.5. The predicted octanol–water partition coefficient (Wildman–Crippen LogP) is 1.98. The van der Waals surface area contributed by atoms with E-state index in [2.05, 4.69) is 0 Å². The van der Waals surface area contributed by atoms with Gasteiger partial charge in [0.25, 0.3) is 0 Å². The summed E-state index contributed by atoms with van der Waals surface area (Å²) in [6.45, 7) is 1.66. The zero-order valence-corrected chi connectivity index (χ0v) is 11.9. The number of ether oxygens (including phenoxy) is 1. The van der Waals surface area contributed by atoms with Crippen LogP contribution in [0.15, 0.2) is 23.1 Å². The van der Waals surface area contributed by atoms with Crippen LogP contribution < -0.4 is 0 Å². The monoisotopic (exact) mass is 307 g/mol. The SMILES string of the molecule is O=S(=O)(c1ccc(F)c(CCl)c1)N1CCCOCC1. The lowest BCUT2D eigenvalue weighted by atomic mass is 10.2. The van der Waals surface area contributed by atoms with Crippen molar-refractivity contribution in [2.24, 2.45) is 0 Å². The van der Waals surface area contributed by atoms with Gasteiger partial charge in [0.1, 0.15) is 5.82 Å². The summed E-state index contributed by atoms with van der Waals surface area (Å²) in [4.78, 5) is 0.0754. The zero-order chi connectivity index (χ0) is 13.9. The van der Waals surface area contributed by atoms with Crippen molar-refractivity contribution in [2.45, 2.75) is 17.2 Å². The first-order valence-electron chi connectivity index (χ1n) is 5.98.